The molecule has 0 aliphatic carbocycles. The van der Waals surface area contributed by atoms with Crippen molar-refractivity contribution in [1.82, 2.24) is 24.7 Å². The Kier molecular flexibility index (Phi) is 4.71. The molecule has 0 saturated heterocycles. The number of rotatable bonds is 4. The molecular formula is C20H14F3N5O. The summed E-state index contributed by atoms with van der Waals surface area (Å²) in [5, 5.41) is 2.59. The van der Waals surface area contributed by atoms with Crippen molar-refractivity contribution in [3.63, 3.8) is 0 Å². The van der Waals surface area contributed by atoms with Crippen LogP contribution in [0.4, 0.5) is 13.2 Å². The van der Waals surface area contributed by atoms with Gasteiger partial charge in [-0.25, -0.2) is 4.98 Å². The fourth-order valence-electron chi connectivity index (χ4n) is 2.91. The summed E-state index contributed by atoms with van der Waals surface area (Å²) in [6.45, 7) is -0.156. The van der Waals surface area contributed by atoms with Crippen molar-refractivity contribution in [2.24, 2.45) is 0 Å². The number of carbonyl (C=O) groups is 1. The van der Waals surface area contributed by atoms with Crippen LogP contribution in [0.3, 0.4) is 0 Å². The summed E-state index contributed by atoms with van der Waals surface area (Å²) in [5.74, 6) is 0.0269. The number of nitrogens with one attached hydrogen (secondary N) is 1. The molecule has 1 N–H and O–H groups in total. The molecule has 0 aliphatic heterocycles. The molecule has 0 fully saturated rings. The van der Waals surface area contributed by atoms with E-state index < -0.39 is 17.6 Å². The van der Waals surface area contributed by atoms with Gasteiger partial charge in [-0.1, -0.05) is 6.07 Å². The Morgan fingerprint density at radius 1 is 1.10 bits per heavy atom. The number of hydrogen-bond donors (Lipinski definition) is 1. The fourth-order valence-corrected chi connectivity index (χ4v) is 2.91. The van der Waals surface area contributed by atoms with Crippen LogP contribution < -0.4 is 5.32 Å². The van der Waals surface area contributed by atoms with Crippen LogP contribution in [0.5, 0.6) is 0 Å². The zero-order valence-electron chi connectivity index (χ0n) is 14.9. The molecule has 6 nitrogen and oxygen atoms in total. The zero-order valence-corrected chi connectivity index (χ0v) is 14.9. The Morgan fingerprint density at radius 3 is 2.72 bits per heavy atom. The molecule has 9 heteroatoms. The summed E-state index contributed by atoms with van der Waals surface area (Å²) < 4.78 is 40.3. The lowest BCUT2D eigenvalue weighted by Crippen LogP contribution is -2.24. The average molecular weight is 397 g/mol. The van der Waals surface area contributed by atoms with Crippen LogP contribution in [0.25, 0.3) is 16.9 Å². The van der Waals surface area contributed by atoms with Crippen molar-refractivity contribution in [3.05, 3.63) is 84.2 Å². The van der Waals surface area contributed by atoms with E-state index in [0.717, 1.165) is 23.9 Å². The molecule has 4 heterocycles. The maximum atomic E-state index is 12.8. The molecule has 0 aromatic carbocycles. The van der Waals surface area contributed by atoms with E-state index in [9.17, 15) is 18.0 Å². The molecule has 0 unspecified atom stereocenters. The van der Waals surface area contributed by atoms with E-state index in [1.165, 1.54) is 0 Å². The first kappa shape index (κ1) is 18.6. The molecule has 0 aliphatic rings. The molecule has 4 aromatic rings. The Labute approximate surface area is 163 Å². The third-order valence-electron chi connectivity index (χ3n) is 4.26. The molecule has 146 valence electrons. The first-order chi connectivity index (χ1) is 13.9. The standard InChI is InChI=1S/C20H14F3N5O/c21-20(22,23)14-6-8-25-15(10-14)12-26-19(29)17-16-5-1-2-9-28(16)18(27-17)13-4-3-7-24-11-13/h1-11H,12H2,(H,26,29). The monoisotopic (exact) mass is 397 g/mol. The van der Waals surface area contributed by atoms with Gasteiger partial charge >= 0.3 is 6.18 Å². The maximum Gasteiger partial charge on any atom is 0.416 e. The van der Waals surface area contributed by atoms with Gasteiger partial charge in [0.05, 0.1) is 23.3 Å². The van der Waals surface area contributed by atoms with Crippen LogP contribution in [-0.4, -0.2) is 25.3 Å². The van der Waals surface area contributed by atoms with E-state index in [-0.39, 0.29) is 17.9 Å². The van der Waals surface area contributed by atoms with Gasteiger partial charge in [0.25, 0.3) is 5.91 Å². The third-order valence-corrected chi connectivity index (χ3v) is 4.26. The van der Waals surface area contributed by atoms with Crippen molar-refractivity contribution < 1.29 is 18.0 Å². The molecule has 0 spiro atoms. The summed E-state index contributed by atoms with van der Waals surface area (Å²) in [6.07, 6.45) is 1.64. The maximum absolute atomic E-state index is 12.8. The quantitative estimate of drug-likeness (QED) is 0.570. The highest BCUT2D eigenvalue weighted by atomic mass is 19.4. The molecule has 0 radical (unpaired) electrons. The van der Waals surface area contributed by atoms with Gasteiger partial charge in [0.2, 0.25) is 0 Å². The van der Waals surface area contributed by atoms with Crippen molar-refractivity contribution in [1.29, 1.82) is 0 Å². The smallest absolute Gasteiger partial charge is 0.345 e. The summed E-state index contributed by atoms with van der Waals surface area (Å²) in [7, 11) is 0. The Morgan fingerprint density at radius 2 is 1.97 bits per heavy atom. The highest BCUT2D eigenvalue weighted by Crippen LogP contribution is 2.29. The molecule has 4 rings (SSSR count). The van der Waals surface area contributed by atoms with Crippen LogP contribution in [0, 0.1) is 0 Å². The number of halogens is 3. The first-order valence-corrected chi connectivity index (χ1v) is 8.61. The number of nitrogens with zero attached hydrogens (tertiary/aromatic N) is 4. The normalized spacial score (nSPS) is 11.6. The summed E-state index contributed by atoms with van der Waals surface area (Å²) >= 11 is 0. The molecule has 0 bridgehead atoms. The second-order valence-corrected chi connectivity index (χ2v) is 6.20. The topological polar surface area (TPSA) is 72.2 Å². The van der Waals surface area contributed by atoms with Crippen LogP contribution in [0.1, 0.15) is 21.7 Å². The van der Waals surface area contributed by atoms with Crippen LogP contribution in [-0.2, 0) is 12.7 Å². The van der Waals surface area contributed by atoms with Gasteiger partial charge in [0.15, 0.2) is 5.69 Å². The lowest BCUT2D eigenvalue weighted by Gasteiger charge is -2.08. The van der Waals surface area contributed by atoms with Gasteiger partial charge in [0, 0.05) is 30.4 Å². The Balaban J connectivity index is 1.62. The van der Waals surface area contributed by atoms with Crippen molar-refractivity contribution >= 4 is 11.4 Å². The van der Waals surface area contributed by atoms with Gasteiger partial charge in [-0.05, 0) is 36.4 Å². The minimum absolute atomic E-state index is 0.101. The largest absolute Gasteiger partial charge is 0.416 e. The number of alkyl halides is 3. The Hall–Kier alpha value is -3.75. The Bertz CT molecular complexity index is 1170. The van der Waals surface area contributed by atoms with E-state index in [2.05, 4.69) is 20.3 Å². The van der Waals surface area contributed by atoms with Gasteiger partial charge in [-0.2, -0.15) is 13.2 Å². The van der Waals surface area contributed by atoms with Crippen LogP contribution in [0.15, 0.2) is 67.3 Å². The lowest BCUT2D eigenvalue weighted by atomic mass is 10.2. The molecule has 1 amide bonds. The first-order valence-electron chi connectivity index (χ1n) is 8.61. The summed E-state index contributed by atoms with van der Waals surface area (Å²) in [4.78, 5) is 25.1. The summed E-state index contributed by atoms with van der Waals surface area (Å²) in [6, 6.07) is 10.7. The van der Waals surface area contributed by atoms with Gasteiger partial charge in [-0.15, -0.1) is 0 Å². The van der Waals surface area contributed by atoms with Crippen molar-refractivity contribution in [2.45, 2.75) is 12.7 Å². The zero-order chi connectivity index (χ0) is 20.4. The van der Waals surface area contributed by atoms with E-state index in [1.54, 1.807) is 41.2 Å². The van der Waals surface area contributed by atoms with E-state index in [4.69, 9.17) is 0 Å². The molecule has 4 aromatic heterocycles. The van der Waals surface area contributed by atoms with Crippen molar-refractivity contribution in [2.75, 3.05) is 0 Å². The highest BCUT2D eigenvalue weighted by molar-refractivity contribution is 6.00. The number of imidazole rings is 1. The van der Waals surface area contributed by atoms with E-state index >= 15 is 0 Å². The van der Waals surface area contributed by atoms with Gasteiger partial charge < -0.3 is 5.32 Å². The average Bonchev–Trinajstić information content (AvgIpc) is 3.12. The second-order valence-electron chi connectivity index (χ2n) is 6.20. The summed E-state index contributed by atoms with van der Waals surface area (Å²) in [5.41, 5.74) is 0.747. The predicted octanol–water partition coefficient (Wildman–Crippen LogP) is 3.74. The lowest BCUT2D eigenvalue weighted by molar-refractivity contribution is -0.137. The molecule has 0 saturated carbocycles. The number of pyridine rings is 3. The molecule has 29 heavy (non-hydrogen) atoms. The SMILES string of the molecule is O=C(NCc1cc(C(F)(F)F)ccn1)c1nc(-c2cccnc2)n2ccccc12. The fraction of sp³-hybridized carbons (Fsp3) is 0.100. The van der Waals surface area contributed by atoms with E-state index in [0.29, 0.717) is 11.3 Å². The predicted molar refractivity (Wildman–Crippen MR) is 98.8 cm³/mol. The van der Waals surface area contributed by atoms with Gasteiger partial charge in [0.1, 0.15) is 5.82 Å². The number of fused-ring (bicyclic) bond motifs is 1. The number of aromatic nitrogens is 4. The minimum Gasteiger partial charge on any atom is -0.345 e. The van der Waals surface area contributed by atoms with Gasteiger partial charge in [-0.3, -0.25) is 19.2 Å². The minimum atomic E-state index is -4.47. The number of amides is 1. The third kappa shape index (κ3) is 3.79. The molecular weight excluding hydrogens is 383 g/mol. The van der Waals surface area contributed by atoms with Crippen molar-refractivity contribution in [3.8, 4) is 11.4 Å². The number of hydrogen-bond acceptors (Lipinski definition) is 4. The second kappa shape index (κ2) is 7.34. The highest BCUT2D eigenvalue weighted by Gasteiger charge is 2.30. The number of carbonyl (C=O) groups excluding carboxylic acids is 1. The van der Waals surface area contributed by atoms with Crippen LogP contribution in [0.2, 0.25) is 0 Å². The molecule has 0 atom stereocenters. The van der Waals surface area contributed by atoms with Crippen LogP contribution >= 0.6 is 0 Å². The van der Waals surface area contributed by atoms with E-state index in [1.807, 2.05) is 12.1 Å².